The van der Waals surface area contributed by atoms with Gasteiger partial charge in [0.2, 0.25) is 29.4 Å². The number of benzene rings is 9. The van der Waals surface area contributed by atoms with Crippen LogP contribution < -0.4 is 10.5 Å². The van der Waals surface area contributed by atoms with E-state index in [9.17, 15) is 65.9 Å². The summed E-state index contributed by atoms with van der Waals surface area (Å²) >= 11 is 0. The number of nitrogens with two attached hydrogens (primary N) is 1. The van der Waals surface area contributed by atoms with Gasteiger partial charge in [0.15, 0.2) is 30.6 Å². The molecular formula is C114H114F3N15O17. The zero-order valence-electron chi connectivity index (χ0n) is 81.8. The minimum atomic E-state index is -1.53. The first-order valence-electron chi connectivity index (χ1n) is 48.0. The molecule has 0 bridgehead atoms. The highest BCUT2D eigenvalue weighted by Gasteiger charge is 2.51. The maximum atomic E-state index is 14.5. The van der Waals surface area contributed by atoms with Crippen molar-refractivity contribution in [2.75, 3.05) is 41.7 Å². The van der Waals surface area contributed by atoms with Crippen LogP contribution in [0.4, 0.5) is 13.2 Å². The first kappa shape index (κ1) is 106. The molecule has 0 saturated heterocycles. The summed E-state index contributed by atoms with van der Waals surface area (Å²) in [5.41, 5.74) is 23.3. The molecule has 12 heterocycles. The van der Waals surface area contributed by atoms with Crippen LogP contribution in [0.3, 0.4) is 0 Å². The lowest BCUT2D eigenvalue weighted by molar-refractivity contribution is -0.159. The molecule has 6 amide bonds. The summed E-state index contributed by atoms with van der Waals surface area (Å²) < 4.78 is 73.0. The van der Waals surface area contributed by atoms with E-state index in [2.05, 4.69) is 44.9 Å². The maximum absolute atomic E-state index is 14.5. The number of aryl methyl sites for hydroxylation is 1. The summed E-state index contributed by atoms with van der Waals surface area (Å²) in [5.74, 6) is -9.47. The van der Waals surface area contributed by atoms with Crippen molar-refractivity contribution in [3.05, 3.63) is 363 Å². The Labute approximate surface area is 856 Å². The predicted molar refractivity (Wildman–Crippen MR) is 551 cm³/mol. The van der Waals surface area contributed by atoms with Crippen molar-refractivity contribution in [2.24, 2.45) is 5.73 Å². The number of rotatable bonds is 18. The average molecular weight is 2020 g/mol. The molecule has 32 nitrogen and oxygen atoms in total. The number of aromatic amines is 5. The fourth-order valence-corrected chi connectivity index (χ4v) is 20.8. The van der Waals surface area contributed by atoms with Crippen LogP contribution >= 0.6 is 0 Å². The largest absolute Gasteiger partial charge is 0.478 e. The minimum Gasteiger partial charge on any atom is -0.478 e. The second-order valence-electron chi connectivity index (χ2n) is 35.7. The van der Waals surface area contributed by atoms with E-state index in [4.69, 9.17) is 34.2 Å². The molecule has 10 atom stereocenters. The van der Waals surface area contributed by atoms with Gasteiger partial charge in [0, 0.05) is 154 Å². The van der Waals surface area contributed by atoms with Crippen LogP contribution in [0.25, 0.3) is 54.5 Å². The lowest BCUT2D eigenvalue weighted by Crippen LogP contribution is -2.53. The van der Waals surface area contributed by atoms with E-state index in [0.717, 1.165) is 116 Å². The van der Waals surface area contributed by atoms with Gasteiger partial charge in [-0.25, -0.2) is 47.9 Å². The number of nitrogens with one attached hydrogen (secondary N) is 5. The van der Waals surface area contributed by atoms with E-state index in [0.29, 0.717) is 60.8 Å². The molecule has 0 fully saturated rings. The number of nitrogens with zero attached hydrogens (tertiary/aromatic N) is 9. The van der Waals surface area contributed by atoms with Crippen LogP contribution in [0.1, 0.15) is 182 Å². The molecule has 35 heteroatoms. The summed E-state index contributed by atoms with van der Waals surface area (Å²) in [6, 6.07) is 65.3. The number of ether oxygens (including phenoxy) is 6. The highest BCUT2D eigenvalue weighted by molar-refractivity contribution is 5.97. The van der Waals surface area contributed by atoms with Gasteiger partial charge in [-0.2, -0.15) is 4.39 Å². The van der Waals surface area contributed by atoms with Gasteiger partial charge >= 0.3 is 29.8 Å². The summed E-state index contributed by atoms with van der Waals surface area (Å²) in [6.07, 6.45) is 8.77. The van der Waals surface area contributed by atoms with Crippen molar-refractivity contribution in [1.29, 1.82) is 0 Å². The van der Waals surface area contributed by atoms with E-state index >= 15 is 0 Å². The Hall–Kier alpha value is -17.4. The van der Waals surface area contributed by atoms with Crippen LogP contribution in [-0.4, -0.2) is 207 Å². The number of aromatic nitrogens is 9. The third-order valence-electron chi connectivity index (χ3n) is 27.4. The van der Waals surface area contributed by atoms with Crippen LogP contribution in [-0.2, 0) is 109 Å². The van der Waals surface area contributed by atoms with Gasteiger partial charge in [-0.05, 0) is 106 Å². The molecule has 9 aromatic carbocycles. The molecule has 0 spiro atoms. The van der Waals surface area contributed by atoms with Gasteiger partial charge in [0.05, 0.1) is 58.0 Å². The molecular weight excluding hydrogens is 1910 g/mol. The molecule has 149 heavy (non-hydrogen) atoms. The summed E-state index contributed by atoms with van der Waals surface area (Å²) in [5, 5.41) is 5.09. The molecule has 0 saturated carbocycles. The van der Waals surface area contributed by atoms with Crippen LogP contribution in [0.15, 0.2) is 256 Å². The average Bonchev–Trinajstić information content (AvgIpc) is 1.62. The third-order valence-corrected chi connectivity index (χ3v) is 27.4. The van der Waals surface area contributed by atoms with Crippen LogP contribution in [0.2, 0.25) is 0 Å². The number of carbonyl (C=O) groups is 11. The molecule has 0 unspecified atom stereocenters. The molecule has 768 valence electrons. The normalized spacial score (nSPS) is 18.1. The summed E-state index contributed by atoms with van der Waals surface area (Å²) in [6.45, 7) is 6.61. The fourth-order valence-electron chi connectivity index (χ4n) is 20.8. The van der Waals surface area contributed by atoms with Gasteiger partial charge < -0.3 is 83.6 Å². The predicted octanol–water partition coefficient (Wildman–Crippen LogP) is 16.7. The van der Waals surface area contributed by atoms with Gasteiger partial charge in [0.25, 0.3) is 11.8 Å². The lowest BCUT2D eigenvalue weighted by Gasteiger charge is -2.41. The number of hydrogen-bond acceptors (Lipinski definition) is 21. The highest BCUT2D eigenvalue weighted by atomic mass is 19.2. The lowest BCUT2D eigenvalue weighted by atomic mass is 9.87. The topological polar surface area (TPSA) is 416 Å². The van der Waals surface area contributed by atoms with Crippen LogP contribution in [0, 0.1) is 24.4 Å². The fraction of sp³-hybridized carbons (Fsp3) is 0.272. The number of halogens is 3. The Kier molecular flexibility index (Phi) is 32.9. The zero-order valence-corrected chi connectivity index (χ0v) is 81.8. The van der Waals surface area contributed by atoms with E-state index in [1.165, 1.54) is 64.7 Å². The standard InChI is InChI=1S/C28H23F3N2O4.C23H22N2O5.C21H21N3O2.2C20H20N4O3.2CH4/c1-15-12-19(29)24(31)27(23(15)30)37-14-22(34)33-21(28(35)36-2)13-18-17-10-6-7-11-20(17)32-25(18)26(33)16-8-4-3-5-9-16;1-14(26)30-13-20(27)25-19(23(28)29-2)12-17-16-10-6-7-11-18(16)24-21(17)22(25)15-8-4-3-5-9-15;1-2-18(25)24-17(21(22)26)12-15-14-10-6-7-11-16(14)23-19(15)20(24)13-8-4-3-5-9-13;2*1-3-17(25)24-16(20(26)27-2)10-13-12-6-4-5-7-14(12)23-18(13)19(24)15-8-9-21-11-22-15;;/h3-12,21,26,32H,13-14H2,1-2H3;3-11,19,22,24H,12-13H2,1-2H3;3-11,17,20,23H,2,12H2,1H3,(H2,22,26);2*4-9,11,16,19,23H,3,10H2,1-2H3;2*1H4/t21-,26+;19-,22+;17-,20+;2*16-,19+;;/m11111../s1. The van der Waals surface area contributed by atoms with Gasteiger partial charge in [-0.15, -0.1) is 0 Å². The molecule has 7 N–H and O–H groups in total. The number of carbonyl (C=O) groups excluding carboxylic acids is 11. The number of H-pyrrole nitrogens is 5. The Morgan fingerprint density at radius 1 is 0.356 bits per heavy atom. The number of primary amides is 1. The number of amides is 6. The number of hydrogen-bond donors (Lipinski definition) is 6. The van der Waals surface area contributed by atoms with Crippen molar-refractivity contribution >= 4 is 120 Å². The third kappa shape index (κ3) is 20.9. The first-order valence-corrected chi connectivity index (χ1v) is 48.0. The Bertz CT molecular complexity index is 7460. The zero-order chi connectivity index (χ0) is 104. The Balaban J connectivity index is 0.000000140. The Morgan fingerprint density at radius 2 is 0.624 bits per heavy atom. The molecule has 0 radical (unpaired) electrons. The monoisotopic (exact) mass is 2020 g/mol. The second-order valence-corrected chi connectivity index (χ2v) is 35.7. The number of esters is 5. The van der Waals surface area contributed by atoms with Gasteiger partial charge in [0.1, 0.15) is 54.9 Å². The first-order chi connectivity index (χ1) is 71.2. The second kappa shape index (κ2) is 46.3. The smallest absolute Gasteiger partial charge is 0.328 e. The van der Waals surface area contributed by atoms with E-state index in [1.54, 1.807) is 65.2 Å². The molecule has 5 aliphatic heterocycles. The number of methoxy groups -OCH3 is 4. The van der Waals surface area contributed by atoms with Crippen molar-refractivity contribution in [3.8, 4) is 5.75 Å². The summed E-state index contributed by atoms with van der Waals surface area (Å²) in [4.78, 5) is 181. The molecule has 7 aromatic heterocycles. The van der Waals surface area contributed by atoms with Crippen molar-refractivity contribution < 1.29 is 94.3 Å². The molecule has 16 aromatic rings. The Morgan fingerprint density at radius 3 is 0.899 bits per heavy atom. The maximum Gasteiger partial charge on any atom is 0.328 e. The van der Waals surface area contributed by atoms with Gasteiger partial charge in [-0.1, -0.05) is 218 Å². The van der Waals surface area contributed by atoms with Crippen molar-refractivity contribution in [3.63, 3.8) is 0 Å². The molecule has 21 rings (SSSR count). The number of fused-ring (bicyclic) bond motifs is 15. The molecule has 5 aliphatic rings. The van der Waals surface area contributed by atoms with Gasteiger partial charge in [-0.3, -0.25) is 33.6 Å². The quantitative estimate of drug-likeness (QED) is 0.0264. The van der Waals surface area contributed by atoms with Crippen molar-refractivity contribution in [2.45, 2.75) is 161 Å². The van der Waals surface area contributed by atoms with E-state index < -0.39 is 138 Å². The SMILES string of the molecule is C.C.CCC(=O)N1[C@@H](c2ccccc2)c2[nH]c3ccccc3c2C[C@@H]1C(N)=O.CCC(=O)N1[C@@H](c2ccncn2)c2[nH]c3ccccc3c2C[C@@H]1C(=O)OC.CCC(=O)N1[C@@H](c2ccncn2)c2[nH]c3ccccc3c2C[C@@H]1C(=O)OC.COC(=O)[C@H]1Cc2c([nH]c3ccccc23)[C@H](c2ccccc2)N1C(=O)COC(C)=O.COC(=O)[C@H]1Cc2c([nH]c3ccccc23)[C@H](c2ccccc2)N1C(=O)COc1c(F)c(C)cc(F)c1F. The summed E-state index contributed by atoms with van der Waals surface area (Å²) in [7, 11) is 5.23. The van der Waals surface area contributed by atoms with Crippen molar-refractivity contribution in [1.82, 2.24) is 69.4 Å². The number of para-hydroxylation sites is 5. The highest BCUT2D eigenvalue weighted by Crippen LogP contribution is 2.48. The van der Waals surface area contributed by atoms with E-state index in [1.807, 2.05) is 207 Å². The van der Waals surface area contributed by atoms with E-state index in [-0.39, 0.29) is 63.4 Å². The minimum absolute atomic E-state index is 0. The van der Waals surface area contributed by atoms with Crippen LogP contribution in [0.5, 0.6) is 5.75 Å². The molecule has 0 aliphatic carbocycles.